The Bertz CT molecular complexity index is 374. The minimum Gasteiger partial charge on any atom is -0.494 e. The van der Waals surface area contributed by atoms with Crippen LogP contribution in [0.2, 0.25) is 0 Å². The lowest BCUT2D eigenvalue weighted by Gasteiger charge is -2.26. The lowest BCUT2D eigenvalue weighted by molar-refractivity contribution is 0.312. The van der Waals surface area contributed by atoms with Crippen molar-refractivity contribution >= 4 is 0 Å². The van der Waals surface area contributed by atoms with Gasteiger partial charge in [0.2, 0.25) is 0 Å². The van der Waals surface area contributed by atoms with E-state index in [1.54, 1.807) is 6.07 Å². The highest BCUT2D eigenvalue weighted by atomic mass is 19.1. The zero-order chi connectivity index (χ0) is 13.1. The molecule has 0 saturated carbocycles. The molecular formula is C13H21FN2O. The van der Waals surface area contributed by atoms with Gasteiger partial charge in [0.25, 0.3) is 0 Å². The van der Waals surface area contributed by atoms with Gasteiger partial charge in [-0.1, -0.05) is 26.8 Å². The second kappa shape index (κ2) is 5.47. The fourth-order valence-electron chi connectivity index (χ4n) is 1.78. The molecule has 3 N–H and O–H groups in total. The van der Waals surface area contributed by atoms with Crippen molar-refractivity contribution in [2.75, 3.05) is 7.11 Å². The smallest absolute Gasteiger partial charge is 0.165 e. The zero-order valence-electron chi connectivity index (χ0n) is 10.9. The average molecular weight is 240 g/mol. The van der Waals surface area contributed by atoms with E-state index in [4.69, 9.17) is 10.6 Å². The molecule has 0 spiro atoms. The number of hydrazine groups is 1. The number of halogens is 1. The normalized spacial score (nSPS) is 13.5. The van der Waals surface area contributed by atoms with Gasteiger partial charge >= 0.3 is 0 Å². The predicted octanol–water partition coefficient (Wildman–Crippen LogP) is 2.77. The molecule has 0 amide bonds. The number of ether oxygens (including phenoxy) is 1. The van der Waals surface area contributed by atoms with Crippen molar-refractivity contribution in [3.8, 4) is 5.75 Å². The summed E-state index contributed by atoms with van der Waals surface area (Å²) < 4.78 is 18.5. The third kappa shape index (κ3) is 3.98. The highest BCUT2D eigenvalue weighted by molar-refractivity contribution is 5.31. The van der Waals surface area contributed by atoms with Crippen molar-refractivity contribution in [3.05, 3.63) is 29.6 Å². The minimum absolute atomic E-state index is 0.0598. The van der Waals surface area contributed by atoms with Gasteiger partial charge in [0.15, 0.2) is 11.6 Å². The Morgan fingerprint density at radius 2 is 2.06 bits per heavy atom. The Balaban J connectivity index is 2.93. The van der Waals surface area contributed by atoms with E-state index >= 15 is 0 Å². The summed E-state index contributed by atoms with van der Waals surface area (Å²) in [6, 6.07) is 4.86. The summed E-state index contributed by atoms with van der Waals surface area (Å²) in [6.45, 7) is 6.37. The quantitative estimate of drug-likeness (QED) is 0.628. The van der Waals surface area contributed by atoms with Crippen molar-refractivity contribution in [3.63, 3.8) is 0 Å². The van der Waals surface area contributed by atoms with E-state index in [2.05, 4.69) is 26.2 Å². The van der Waals surface area contributed by atoms with E-state index in [-0.39, 0.29) is 23.0 Å². The molecule has 1 unspecified atom stereocenters. The summed E-state index contributed by atoms with van der Waals surface area (Å²) in [4.78, 5) is 0. The lowest BCUT2D eigenvalue weighted by atomic mass is 9.85. The third-order valence-corrected chi connectivity index (χ3v) is 2.60. The predicted molar refractivity (Wildman–Crippen MR) is 67.1 cm³/mol. The Labute approximate surface area is 102 Å². The van der Waals surface area contributed by atoms with Gasteiger partial charge in [-0.2, -0.15) is 0 Å². The SMILES string of the molecule is COc1ccc(C(CC(C)(C)C)NN)cc1F. The molecule has 0 aliphatic rings. The largest absolute Gasteiger partial charge is 0.494 e. The fraction of sp³-hybridized carbons (Fsp3) is 0.538. The molecule has 0 aliphatic carbocycles. The van der Waals surface area contributed by atoms with Crippen LogP contribution in [0.25, 0.3) is 0 Å². The molecule has 0 bridgehead atoms. The van der Waals surface area contributed by atoms with Gasteiger partial charge in [0, 0.05) is 6.04 Å². The molecule has 3 nitrogen and oxygen atoms in total. The summed E-state index contributed by atoms with van der Waals surface area (Å²) in [5.41, 5.74) is 3.68. The van der Waals surface area contributed by atoms with Crippen LogP contribution in [0.4, 0.5) is 4.39 Å². The first-order chi connectivity index (χ1) is 7.87. The molecule has 0 fully saturated rings. The van der Waals surface area contributed by atoms with Crippen molar-refractivity contribution < 1.29 is 9.13 Å². The van der Waals surface area contributed by atoms with Gasteiger partial charge in [-0.25, -0.2) is 4.39 Å². The second-order valence-corrected chi connectivity index (χ2v) is 5.38. The van der Waals surface area contributed by atoms with Crippen LogP contribution in [0.15, 0.2) is 18.2 Å². The summed E-state index contributed by atoms with van der Waals surface area (Å²) >= 11 is 0. The van der Waals surface area contributed by atoms with Crippen molar-refractivity contribution in [2.45, 2.75) is 33.2 Å². The van der Waals surface area contributed by atoms with E-state index in [1.807, 2.05) is 6.07 Å². The molecule has 0 radical (unpaired) electrons. The van der Waals surface area contributed by atoms with E-state index in [0.717, 1.165) is 12.0 Å². The Morgan fingerprint density at radius 3 is 2.47 bits per heavy atom. The number of nitrogens with two attached hydrogens (primary N) is 1. The maximum absolute atomic E-state index is 13.6. The van der Waals surface area contributed by atoms with Gasteiger partial charge in [0.1, 0.15) is 0 Å². The molecule has 0 heterocycles. The number of hydrogen-bond acceptors (Lipinski definition) is 3. The third-order valence-electron chi connectivity index (χ3n) is 2.60. The van der Waals surface area contributed by atoms with Crippen LogP contribution in [-0.2, 0) is 0 Å². The molecule has 1 rings (SSSR count). The van der Waals surface area contributed by atoms with Crippen molar-refractivity contribution in [1.29, 1.82) is 0 Å². The Morgan fingerprint density at radius 1 is 1.41 bits per heavy atom. The first kappa shape index (κ1) is 13.9. The summed E-state index contributed by atoms with van der Waals surface area (Å²) in [6.07, 6.45) is 0.829. The Kier molecular flexibility index (Phi) is 4.48. The minimum atomic E-state index is -0.362. The number of hydrogen-bond donors (Lipinski definition) is 2. The van der Waals surface area contributed by atoms with Crippen LogP contribution in [0, 0.1) is 11.2 Å². The monoisotopic (exact) mass is 240 g/mol. The molecular weight excluding hydrogens is 219 g/mol. The summed E-state index contributed by atoms with van der Waals surface area (Å²) in [5.74, 6) is 5.42. The van der Waals surface area contributed by atoms with Gasteiger partial charge in [-0.3, -0.25) is 11.3 Å². The van der Waals surface area contributed by atoms with E-state index in [9.17, 15) is 4.39 Å². The van der Waals surface area contributed by atoms with Crippen LogP contribution in [0.3, 0.4) is 0 Å². The van der Waals surface area contributed by atoms with Crippen LogP contribution in [0.1, 0.15) is 38.8 Å². The highest BCUT2D eigenvalue weighted by Gasteiger charge is 2.20. The number of rotatable bonds is 4. The standard InChI is InChI=1S/C13H21FN2O/c1-13(2,3)8-11(16-15)9-5-6-12(17-4)10(14)7-9/h5-7,11,16H,8,15H2,1-4H3. The first-order valence-electron chi connectivity index (χ1n) is 5.67. The average Bonchev–Trinajstić information content (AvgIpc) is 2.24. The lowest BCUT2D eigenvalue weighted by Crippen LogP contribution is -2.31. The van der Waals surface area contributed by atoms with E-state index in [1.165, 1.54) is 13.2 Å². The molecule has 0 aliphatic heterocycles. The fourth-order valence-corrected chi connectivity index (χ4v) is 1.78. The maximum atomic E-state index is 13.6. The van der Waals surface area contributed by atoms with E-state index < -0.39 is 0 Å². The molecule has 0 aromatic heterocycles. The Hall–Kier alpha value is -1.13. The molecule has 4 heteroatoms. The number of nitrogens with one attached hydrogen (secondary N) is 1. The highest BCUT2D eigenvalue weighted by Crippen LogP contribution is 2.30. The van der Waals surface area contributed by atoms with Crippen molar-refractivity contribution in [2.24, 2.45) is 11.3 Å². The van der Waals surface area contributed by atoms with Crippen molar-refractivity contribution in [1.82, 2.24) is 5.43 Å². The first-order valence-corrected chi connectivity index (χ1v) is 5.67. The van der Waals surface area contributed by atoms with Gasteiger partial charge in [-0.15, -0.1) is 0 Å². The van der Waals surface area contributed by atoms with Gasteiger partial charge < -0.3 is 4.74 Å². The van der Waals surface area contributed by atoms with Crippen LogP contribution >= 0.6 is 0 Å². The molecule has 1 aromatic rings. The molecule has 96 valence electrons. The van der Waals surface area contributed by atoms with Crippen LogP contribution in [0.5, 0.6) is 5.75 Å². The summed E-state index contributed by atoms with van der Waals surface area (Å²) in [5, 5.41) is 0. The second-order valence-electron chi connectivity index (χ2n) is 5.38. The van der Waals surface area contributed by atoms with Crippen LogP contribution in [-0.4, -0.2) is 7.11 Å². The molecule has 1 aromatic carbocycles. The molecule has 17 heavy (non-hydrogen) atoms. The maximum Gasteiger partial charge on any atom is 0.165 e. The zero-order valence-corrected chi connectivity index (χ0v) is 10.9. The number of methoxy groups -OCH3 is 1. The van der Waals surface area contributed by atoms with Gasteiger partial charge in [-0.05, 0) is 29.5 Å². The number of benzene rings is 1. The van der Waals surface area contributed by atoms with Gasteiger partial charge in [0.05, 0.1) is 7.11 Å². The summed E-state index contributed by atoms with van der Waals surface area (Å²) in [7, 11) is 1.45. The van der Waals surface area contributed by atoms with E-state index in [0.29, 0.717) is 0 Å². The molecule has 1 atom stereocenters. The topological polar surface area (TPSA) is 47.3 Å². The van der Waals surface area contributed by atoms with Crippen LogP contribution < -0.4 is 16.0 Å². The molecule has 0 saturated heterocycles.